The lowest BCUT2D eigenvalue weighted by Crippen LogP contribution is -2.56. The first kappa shape index (κ1) is 8.47. The third-order valence-electron chi connectivity index (χ3n) is 2.56. The van der Waals surface area contributed by atoms with Crippen molar-refractivity contribution >= 4 is 9.84 Å². The lowest BCUT2D eigenvalue weighted by molar-refractivity contribution is 0.0791. The van der Waals surface area contributed by atoms with Gasteiger partial charge in [0.05, 0.1) is 12.4 Å². The summed E-state index contributed by atoms with van der Waals surface area (Å²) in [6.45, 7) is 1.66. The highest BCUT2D eigenvalue weighted by Crippen LogP contribution is 2.19. The van der Waals surface area contributed by atoms with Gasteiger partial charge in [-0.15, -0.1) is 0 Å². The third kappa shape index (κ3) is 1.36. The average molecular weight is 191 g/mol. The van der Waals surface area contributed by atoms with E-state index in [2.05, 4.69) is 5.32 Å². The van der Waals surface area contributed by atoms with Crippen molar-refractivity contribution in [1.82, 2.24) is 5.32 Å². The van der Waals surface area contributed by atoms with Crippen molar-refractivity contribution in [3.8, 4) is 0 Å². The lowest BCUT2D eigenvalue weighted by atomic mass is 10.1. The molecule has 12 heavy (non-hydrogen) atoms. The normalized spacial score (nSPS) is 40.3. The van der Waals surface area contributed by atoms with Crippen LogP contribution in [0.2, 0.25) is 0 Å². The molecule has 2 heterocycles. The predicted molar refractivity (Wildman–Crippen MR) is 44.8 cm³/mol. The molecule has 2 unspecified atom stereocenters. The van der Waals surface area contributed by atoms with Gasteiger partial charge >= 0.3 is 0 Å². The van der Waals surface area contributed by atoms with E-state index in [1.165, 1.54) is 0 Å². The minimum absolute atomic E-state index is 0.137. The first-order chi connectivity index (χ1) is 5.70. The quantitative estimate of drug-likeness (QED) is 0.542. The van der Waals surface area contributed by atoms with Crippen LogP contribution in [0.1, 0.15) is 6.42 Å². The number of ether oxygens (including phenoxy) is 1. The van der Waals surface area contributed by atoms with Gasteiger partial charge in [0.1, 0.15) is 5.25 Å². The zero-order valence-corrected chi connectivity index (χ0v) is 7.64. The molecule has 0 spiro atoms. The first-order valence-corrected chi connectivity index (χ1v) is 5.94. The number of hydrogen-bond acceptors (Lipinski definition) is 4. The fourth-order valence-electron chi connectivity index (χ4n) is 1.84. The van der Waals surface area contributed by atoms with Crippen LogP contribution >= 0.6 is 0 Å². The molecule has 5 heteroatoms. The van der Waals surface area contributed by atoms with E-state index in [0.717, 1.165) is 6.42 Å². The minimum atomic E-state index is -2.87. The van der Waals surface area contributed by atoms with Crippen LogP contribution in [0.4, 0.5) is 0 Å². The zero-order valence-electron chi connectivity index (χ0n) is 6.82. The second-order valence-corrected chi connectivity index (χ2v) is 5.67. The summed E-state index contributed by atoms with van der Waals surface area (Å²) in [5.74, 6) is 0.261. The molecule has 2 aliphatic heterocycles. The Balaban J connectivity index is 2.20. The Bertz CT molecular complexity index is 260. The monoisotopic (exact) mass is 191 g/mol. The molecule has 0 aliphatic carbocycles. The highest BCUT2D eigenvalue weighted by Gasteiger charge is 2.38. The topological polar surface area (TPSA) is 55.4 Å². The molecular weight excluding hydrogens is 178 g/mol. The van der Waals surface area contributed by atoms with Crippen LogP contribution in [0.25, 0.3) is 0 Å². The van der Waals surface area contributed by atoms with Crippen LogP contribution in [0.3, 0.4) is 0 Å². The molecule has 0 aromatic carbocycles. The molecule has 70 valence electrons. The molecule has 1 N–H and O–H groups in total. The fourth-order valence-corrected chi connectivity index (χ4v) is 3.58. The Hall–Kier alpha value is -0.130. The Labute approximate surface area is 72.2 Å². The van der Waals surface area contributed by atoms with Crippen LogP contribution in [0.15, 0.2) is 0 Å². The molecule has 2 fully saturated rings. The van der Waals surface area contributed by atoms with E-state index in [9.17, 15) is 8.42 Å². The van der Waals surface area contributed by atoms with Gasteiger partial charge in [0.15, 0.2) is 9.84 Å². The van der Waals surface area contributed by atoms with Gasteiger partial charge in [-0.05, 0) is 6.42 Å². The molecule has 0 bridgehead atoms. The SMILES string of the molecule is O=S1(=O)CCNC2CCOCC21. The third-order valence-corrected chi connectivity index (χ3v) is 4.72. The number of sulfone groups is 1. The van der Waals surface area contributed by atoms with Crippen LogP contribution in [-0.4, -0.2) is 45.2 Å². The molecule has 0 aromatic heterocycles. The summed E-state index contributed by atoms with van der Waals surface area (Å²) >= 11 is 0. The van der Waals surface area contributed by atoms with Gasteiger partial charge < -0.3 is 10.1 Å². The minimum Gasteiger partial charge on any atom is -0.380 e. The molecule has 0 saturated carbocycles. The summed E-state index contributed by atoms with van der Waals surface area (Å²) in [5, 5.41) is 2.93. The van der Waals surface area contributed by atoms with E-state index in [4.69, 9.17) is 4.74 Å². The second kappa shape index (κ2) is 2.97. The fraction of sp³-hybridized carbons (Fsp3) is 1.00. The molecule has 0 amide bonds. The molecule has 2 aliphatic rings. The van der Waals surface area contributed by atoms with E-state index in [1.54, 1.807) is 0 Å². The van der Waals surface area contributed by atoms with E-state index in [1.807, 2.05) is 0 Å². The van der Waals surface area contributed by atoms with Crippen LogP contribution < -0.4 is 5.32 Å². The average Bonchev–Trinajstić information content (AvgIpc) is 2.04. The number of fused-ring (bicyclic) bond motifs is 1. The van der Waals surface area contributed by atoms with Gasteiger partial charge in [-0.2, -0.15) is 0 Å². The molecular formula is C7H13NO3S. The number of nitrogens with one attached hydrogen (secondary N) is 1. The summed E-state index contributed by atoms with van der Waals surface area (Å²) in [4.78, 5) is 0. The van der Waals surface area contributed by atoms with E-state index in [-0.39, 0.29) is 17.0 Å². The Morgan fingerprint density at radius 1 is 1.42 bits per heavy atom. The number of rotatable bonds is 0. The maximum atomic E-state index is 11.5. The first-order valence-electron chi connectivity index (χ1n) is 4.23. The molecule has 0 radical (unpaired) electrons. The van der Waals surface area contributed by atoms with Gasteiger partial charge in [-0.1, -0.05) is 0 Å². The van der Waals surface area contributed by atoms with Crippen molar-refractivity contribution in [3.63, 3.8) is 0 Å². The van der Waals surface area contributed by atoms with Crippen LogP contribution in [0, 0.1) is 0 Å². The Kier molecular flexibility index (Phi) is 2.10. The second-order valence-electron chi connectivity index (χ2n) is 3.33. The summed E-state index contributed by atoms with van der Waals surface area (Å²) in [7, 11) is -2.87. The van der Waals surface area contributed by atoms with E-state index >= 15 is 0 Å². The predicted octanol–water partition coefficient (Wildman–Crippen LogP) is -0.838. The van der Waals surface area contributed by atoms with Crippen molar-refractivity contribution in [2.24, 2.45) is 0 Å². The van der Waals surface area contributed by atoms with Gasteiger partial charge in [0.2, 0.25) is 0 Å². The van der Waals surface area contributed by atoms with Crippen molar-refractivity contribution in [2.45, 2.75) is 17.7 Å². The van der Waals surface area contributed by atoms with Gasteiger partial charge in [-0.3, -0.25) is 0 Å². The highest BCUT2D eigenvalue weighted by molar-refractivity contribution is 7.92. The Morgan fingerprint density at radius 2 is 2.25 bits per heavy atom. The van der Waals surface area contributed by atoms with Gasteiger partial charge in [-0.25, -0.2) is 8.42 Å². The standard InChI is InChI=1S/C7H13NO3S/c9-12(10)4-2-8-6-1-3-11-5-7(6)12/h6-8H,1-5H2. The lowest BCUT2D eigenvalue weighted by Gasteiger charge is -2.35. The zero-order chi connectivity index (χ0) is 8.60. The highest BCUT2D eigenvalue weighted by atomic mass is 32.2. The van der Waals surface area contributed by atoms with Gasteiger partial charge in [0.25, 0.3) is 0 Å². The summed E-state index contributed by atoms with van der Waals surface area (Å²) in [6.07, 6.45) is 0.823. The van der Waals surface area contributed by atoms with E-state index < -0.39 is 9.84 Å². The molecule has 2 saturated heterocycles. The summed E-state index contributed by atoms with van der Waals surface area (Å²) in [5.41, 5.74) is 0. The van der Waals surface area contributed by atoms with Crippen molar-refractivity contribution in [1.29, 1.82) is 0 Å². The van der Waals surface area contributed by atoms with Crippen molar-refractivity contribution in [2.75, 3.05) is 25.5 Å². The maximum Gasteiger partial charge on any atom is 0.158 e. The number of hydrogen-bond donors (Lipinski definition) is 1. The molecule has 4 nitrogen and oxygen atoms in total. The van der Waals surface area contributed by atoms with Crippen LogP contribution in [-0.2, 0) is 14.6 Å². The largest absolute Gasteiger partial charge is 0.380 e. The molecule has 2 rings (SSSR count). The van der Waals surface area contributed by atoms with Crippen LogP contribution in [0.5, 0.6) is 0 Å². The maximum absolute atomic E-state index is 11.5. The Morgan fingerprint density at radius 3 is 3.00 bits per heavy atom. The molecule has 0 aromatic rings. The van der Waals surface area contributed by atoms with Crippen molar-refractivity contribution in [3.05, 3.63) is 0 Å². The van der Waals surface area contributed by atoms with Gasteiger partial charge in [0, 0.05) is 19.2 Å². The smallest absolute Gasteiger partial charge is 0.158 e. The molecule has 2 atom stereocenters. The summed E-state index contributed by atoms with van der Waals surface area (Å²) in [6, 6.07) is 0.137. The van der Waals surface area contributed by atoms with Crippen molar-refractivity contribution < 1.29 is 13.2 Å². The summed E-state index contributed by atoms with van der Waals surface area (Å²) < 4.78 is 28.1. The van der Waals surface area contributed by atoms with E-state index in [0.29, 0.717) is 19.8 Å².